The van der Waals surface area contributed by atoms with E-state index >= 15 is 0 Å². The molecule has 6 heteroatoms. The zero-order valence-corrected chi connectivity index (χ0v) is 14.3. The number of carbonyl (C=O) groups is 1. The third-order valence-corrected chi connectivity index (χ3v) is 3.78. The number of benzene rings is 2. The number of halogens is 2. The smallest absolute Gasteiger partial charge is 0.259 e. The average Bonchev–Trinajstić information content (AvgIpc) is 2.52. The van der Waals surface area contributed by atoms with Gasteiger partial charge in [0.1, 0.15) is 0 Å². The molecule has 0 aliphatic carbocycles. The predicted octanol–water partition coefficient (Wildman–Crippen LogP) is 4.05. The van der Waals surface area contributed by atoms with Crippen LogP contribution in [0.15, 0.2) is 58.1 Å². The van der Waals surface area contributed by atoms with Crippen molar-refractivity contribution in [3.63, 3.8) is 0 Å². The van der Waals surface area contributed by atoms with E-state index < -0.39 is 0 Å². The molecule has 0 atom stereocenters. The molecule has 114 valence electrons. The molecule has 0 saturated heterocycles. The SMILES string of the molecule is C/C(=N\NC(=O)CNc1ccccc1Cl)c1ccc(Br)cc1. The Bertz CT molecular complexity index is 686. The zero-order chi connectivity index (χ0) is 15.9. The Labute approximate surface area is 142 Å². The molecule has 2 rings (SSSR count). The number of nitrogens with one attached hydrogen (secondary N) is 2. The third kappa shape index (κ3) is 4.86. The number of rotatable bonds is 5. The number of nitrogens with zero attached hydrogens (tertiary/aromatic N) is 1. The summed E-state index contributed by atoms with van der Waals surface area (Å²) in [6, 6.07) is 15.0. The number of hydrogen-bond donors (Lipinski definition) is 2. The Balaban J connectivity index is 1.88. The maximum absolute atomic E-state index is 11.8. The summed E-state index contributed by atoms with van der Waals surface area (Å²) in [5.74, 6) is -0.239. The van der Waals surface area contributed by atoms with Gasteiger partial charge in [-0.2, -0.15) is 5.10 Å². The molecule has 0 bridgehead atoms. The van der Waals surface area contributed by atoms with Gasteiger partial charge in [-0.1, -0.05) is 51.8 Å². The van der Waals surface area contributed by atoms with Crippen molar-refractivity contribution in [1.29, 1.82) is 0 Å². The van der Waals surface area contributed by atoms with E-state index in [1.165, 1.54) is 0 Å². The molecule has 0 aromatic heterocycles. The first kappa shape index (κ1) is 16.5. The minimum atomic E-state index is -0.239. The highest BCUT2D eigenvalue weighted by atomic mass is 79.9. The maximum Gasteiger partial charge on any atom is 0.259 e. The van der Waals surface area contributed by atoms with Gasteiger partial charge in [-0.05, 0) is 36.8 Å². The molecule has 0 aliphatic rings. The van der Waals surface area contributed by atoms with Crippen molar-refractivity contribution in [1.82, 2.24) is 5.43 Å². The van der Waals surface area contributed by atoms with E-state index in [2.05, 4.69) is 31.8 Å². The van der Waals surface area contributed by atoms with Crippen LogP contribution < -0.4 is 10.7 Å². The van der Waals surface area contributed by atoms with Crippen LogP contribution in [0.5, 0.6) is 0 Å². The van der Waals surface area contributed by atoms with E-state index in [1.807, 2.05) is 49.4 Å². The summed E-state index contributed by atoms with van der Waals surface area (Å²) in [4.78, 5) is 11.8. The van der Waals surface area contributed by atoms with Crippen LogP contribution >= 0.6 is 27.5 Å². The van der Waals surface area contributed by atoms with E-state index in [9.17, 15) is 4.79 Å². The molecule has 0 spiro atoms. The van der Waals surface area contributed by atoms with Crippen molar-refractivity contribution in [2.24, 2.45) is 5.10 Å². The van der Waals surface area contributed by atoms with Crippen LogP contribution in [0.3, 0.4) is 0 Å². The van der Waals surface area contributed by atoms with Crippen molar-refractivity contribution < 1.29 is 4.79 Å². The normalized spacial score (nSPS) is 11.1. The van der Waals surface area contributed by atoms with E-state index in [0.717, 1.165) is 15.7 Å². The van der Waals surface area contributed by atoms with Gasteiger partial charge in [0.2, 0.25) is 0 Å². The Hall–Kier alpha value is -1.85. The fourth-order valence-corrected chi connectivity index (χ4v) is 2.19. The van der Waals surface area contributed by atoms with Crippen LogP contribution in [0.2, 0.25) is 5.02 Å². The highest BCUT2D eigenvalue weighted by molar-refractivity contribution is 9.10. The summed E-state index contributed by atoms with van der Waals surface area (Å²) in [5, 5.41) is 7.63. The predicted molar refractivity (Wildman–Crippen MR) is 94.4 cm³/mol. The minimum absolute atomic E-state index is 0.0981. The van der Waals surface area contributed by atoms with Gasteiger partial charge >= 0.3 is 0 Å². The lowest BCUT2D eigenvalue weighted by molar-refractivity contribution is -0.119. The molecular formula is C16H15BrClN3O. The number of anilines is 1. The second-order valence-electron chi connectivity index (χ2n) is 4.57. The molecule has 0 saturated carbocycles. The molecule has 2 aromatic carbocycles. The van der Waals surface area contributed by atoms with Crippen molar-refractivity contribution in [3.05, 3.63) is 63.6 Å². The van der Waals surface area contributed by atoms with Crippen molar-refractivity contribution >= 4 is 44.8 Å². The number of carbonyl (C=O) groups excluding carboxylic acids is 1. The average molecular weight is 381 g/mol. The fourth-order valence-electron chi connectivity index (χ4n) is 1.72. The standard InChI is InChI=1S/C16H15BrClN3O/c1-11(12-6-8-13(17)9-7-12)20-21-16(22)10-19-15-5-3-2-4-14(15)18/h2-9,19H,10H2,1H3,(H,21,22)/b20-11+. The number of para-hydroxylation sites is 1. The highest BCUT2D eigenvalue weighted by Crippen LogP contribution is 2.19. The molecule has 2 N–H and O–H groups in total. The van der Waals surface area contributed by atoms with Crippen LogP contribution in [0, 0.1) is 0 Å². The number of hydrazone groups is 1. The summed E-state index contributed by atoms with van der Waals surface area (Å²) < 4.78 is 0.997. The lowest BCUT2D eigenvalue weighted by atomic mass is 10.1. The highest BCUT2D eigenvalue weighted by Gasteiger charge is 2.03. The molecular weight excluding hydrogens is 366 g/mol. The van der Waals surface area contributed by atoms with E-state index in [1.54, 1.807) is 6.07 Å². The topological polar surface area (TPSA) is 53.5 Å². The fraction of sp³-hybridized carbons (Fsp3) is 0.125. The van der Waals surface area contributed by atoms with Crippen LogP contribution in [0.25, 0.3) is 0 Å². The first-order chi connectivity index (χ1) is 10.6. The first-order valence-corrected chi connectivity index (χ1v) is 7.81. The third-order valence-electron chi connectivity index (χ3n) is 2.92. The van der Waals surface area contributed by atoms with Gasteiger partial charge < -0.3 is 5.32 Å². The molecule has 1 amide bonds. The Morgan fingerprint density at radius 3 is 2.55 bits per heavy atom. The lowest BCUT2D eigenvalue weighted by Gasteiger charge is -2.07. The minimum Gasteiger partial charge on any atom is -0.375 e. The van der Waals surface area contributed by atoms with Crippen LogP contribution in [-0.4, -0.2) is 18.2 Å². The van der Waals surface area contributed by atoms with Crippen LogP contribution in [-0.2, 0) is 4.79 Å². The summed E-state index contributed by atoms with van der Waals surface area (Å²) in [7, 11) is 0. The largest absolute Gasteiger partial charge is 0.375 e. The molecule has 0 fully saturated rings. The van der Waals surface area contributed by atoms with Crippen LogP contribution in [0.1, 0.15) is 12.5 Å². The van der Waals surface area contributed by atoms with E-state index in [0.29, 0.717) is 10.7 Å². The summed E-state index contributed by atoms with van der Waals surface area (Å²) in [5.41, 5.74) is 4.91. The van der Waals surface area contributed by atoms with Gasteiger partial charge in [0, 0.05) is 4.47 Å². The van der Waals surface area contributed by atoms with Crippen LogP contribution in [0.4, 0.5) is 5.69 Å². The summed E-state index contributed by atoms with van der Waals surface area (Å²) in [6.45, 7) is 1.94. The van der Waals surface area contributed by atoms with Crippen molar-refractivity contribution in [2.75, 3.05) is 11.9 Å². The monoisotopic (exact) mass is 379 g/mol. The molecule has 0 unspecified atom stereocenters. The van der Waals surface area contributed by atoms with E-state index in [4.69, 9.17) is 11.6 Å². The van der Waals surface area contributed by atoms with Gasteiger partial charge in [-0.3, -0.25) is 4.79 Å². The molecule has 0 heterocycles. The number of amides is 1. The summed E-state index contributed by atoms with van der Waals surface area (Å²) in [6.07, 6.45) is 0. The Kier molecular flexibility index (Phi) is 5.98. The second kappa shape index (κ2) is 7.96. The van der Waals surface area contributed by atoms with E-state index in [-0.39, 0.29) is 12.5 Å². The summed E-state index contributed by atoms with van der Waals surface area (Å²) >= 11 is 9.38. The molecule has 0 aliphatic heterocycles. The maximum atomic E-state index is 11.8. The number of hydrogen-bond acceptors (Lipinski definition) is 3. The molecule has 4 nitrogen and oxygen atoms in total. The van der Waals surface area contributed by atoms with Crippen molar-refractivity contribution in [3.8, 4) is 0 Å². The molecule has 22 heavy (non-hydrogen) atoms. The van der Waals surface area contributed by atoms with Gasteiger partial charge in [-0.25, -0.2) is 5.43 Å². The Morgan fingerprint density at radius 1 is 1.18 bits per heavy atom. The van der Waals surface area contributed by atoms with Gasteiger partial charge in [-0.15, -0.1) is 0 Å². The molecule has 0 radical (unpaired) electrons. The van der Waals surface area contributed by atoms with Gasteiger partial charge in [0.15, 0.2) is 0 Å². The van der Waals surface area contributed by atoms with Gasteiger partial charge in [0.05, 0.1) is 23.0 Å². The van der Waals surface area contributed by atoms with Gasteiger partial charge in [0.25, 0.3) is 5.91 Å². The first-order valence-electron chi connectivity index (χ1n) is 6.64. The lowest BCUT2D eigenvalue weighted by Crippen LogP contribution is -2.26. The Morgan fingerprint density at radius 2 is 1.86 bits per heavy atom. The zero-order valence-electron chi connectivity index (χ0n) is 11.9. The quantitative estimate of drug-likeness (QED) is 0.607. The molecule has 2 aromatic rings. The van der Waals surface area contributed by atoms with Crippen molar-refractivity contribution in [2.45, 2.75) is 6.92 Å². The second-order valence-corrected chi connectivity index (χ2v) is 5.90.